The average molecular weight is 401 g/mol. The summed E-state index contributed by atoms with van der Waals surface area (Å²) in [5.41, 5.74) is 6.06. The first-order chi connectivity index (χ1) is 14.6. The molecule has 30 heavy (non-hydrogen) atoms. The van der Waals surface area contributed by atoms with Crippen molar-refractivity contribution in [2.75, 3.05) is 6.54 Å². The van der Waals surface area contributed by atoms with E-state index in [9.17, 15) is 4.79 Å². The van der Waals surface area contributed by atoms with Gasteiger partial charge in [-0.05, 0) is 44.2 Å². The number of carbonyl (C=O) groups excluding carboxylic acids is 1. The molecule has 2 aromatic heterocycles. The van der Waals surface area contributed by atoms with E-state index in [0.717, 1.165) is 29.0 Å². The van der Waals surface area contributed by atoms with Crippen LogP contribution in [0.1, 0.15) is 38.6 Å². The quantitative estimate of drug-likeness (QED) is 0.545. The lowest BCUT2D eigenvalue weighted by Gasteiger charge is -2.27. The molecule has 0 aliphatic carbocycles. The van der Waals surface area contributed by atoms with Crippen LogP contribution in [-0.4, -0.2) is 27.5 Å². The van der Waals surface area contributed by atoms with E-state index in [4.69, 9.17) is 9.26 Å². The second-order valence-electron chi connectivity index (χ2n) is 7.72. The predicted molar refractivity (Wildman–Crippen MR) is 113 cm³/mol. The highest BCUT2D eigenvalue weighted by molar-refractivity contribution is 5.95. The zero-order valence-corrected chi connectivity index (χ0v) is 17.1. The largest absolute Gasteiger partial charge is 0.489 e. The van der Waals surface area contributed by atoms with E-state index in [-0.39, 0.29) is 5.91 Å². The normalized spacial score (nSPS) is 13.5. The molecule has 5 rings (SSSR count). The maximum atomic E-state index is 13.1. The highest BCUT2D eigenvalue weighted by Gasteiger charge is 2.24. The number of rotatable bonds is 4. The number of H-pyrrole nitrogens is 1. The topological polar surface area (TPSA) is 71.4 Å². The lowest BCUT2D eigenvalue weighted by atomic mass is 10.0. The Hall–Kier alpha value is -3.54. The third-order valence-electron chi connectivity index (χ3n) is 5.84. The minimum absolute atomic E-state index is 0.0446. The van der Waals surface area contributed by atoms with Crippen LogP contribution < -0.4 is 4.74 Å². The molecular weight excluding hydrogens is 378 g/mol. The number of hydrogen-bond donors (Lipinski definition) is 1. The first-order valence-corrected chi connectivity index (χ1v) is 10.1. The standard InChI is InChI=1S/C24H23N3O3/c1-15-21(16(2)30-26-15)14-29-18-9-7-17(8-10-18)24(28)27-12-11-23-20(13-27)19-5-3-4-6-22(19)25-23/h3-10,25H,11-14H2,1-2H3. The van der Waals surface area contributed by atoms with E-state index in [1.165, 1.54) is 16.6 Å². The van der Waals surface area contributed by atoms with Crippen LogP contribution in [0.5, 0.6) is 5.75 Å². The molecule has 0 fully saturated rings. The second kappa shape index (κ2) is 7.37. The van der Waals surface area contributed by atoms with Crippen LogP contribution in [-0.2, 0) is 19.6 Å². The fourth-order valence-electron chi connectivity index (χ4n) is 4.08. The number of aryl methyl sites for hydroxylation is 2. The summed E-state index contributed by atoms with van der Waals surface area (Å²) in [6, 6.07) is 15.6. The van der Waals surface area contributed by atoms with Gasteiger partial charge in [0.1, 0.15) is 18.1 Å². The van der Waals surface area contributed by atoms with Crippen LogP contribution in [0.15, 0.2) is 53.1 Å². The zero-order chi connectivity index (χ0) is 20.7. The van der Waals surface area contributed by atoms with Crippen LogP contribution >= 0.6 is 0 Å². The molecule has 0 radical (unpaired) electrons. The van der Waals surface area contributed by atoms with Gasteiger partial charge in [-0.15, -0.1) is 0 Å². The summed E-state index contributed by atoms with van der Waals surface area (Å²) in [5, 5.41) is 5.14. The average Bonchev–Trinajstić information content (AvgIpc) is 3.31. The van der Waals surface area contributed by atoms with Crippen molar-refractivity contribution >= 4 is 16.8 Å². The summed E-state index contributed by atoms with van der Waals surface area (Å²) in [7, 11) is 0. The number of nitrogens with zero attached hydrogens (tertiary/aromatic N) is 2. The third kappa shape index (κ3) is 3.24. The Bertz CT molecular complexity index is 1200. The number of para-hydroxylation sites is 1. The molecule has 2 aromatic carbocycles. The van der Waals surface area contributed by atoms with Crippen LogP contribution in [0.4, 0.5) is 0 Å². The fourth-order valence-corrected chi connectivity index (χ4v) is 4.08. The Labute approximate surface area is 174 Å². The molecule has 0 spiro atoms. The van der Waals surface area contributed by atoms with Crippen molar-refractivity contribution in [1.29, 1.82) is 0 Å². The minimum Gasteiger partial charge on any atom is -0.489 e. The SMILES string of the molecule is Cc1noc(C)c1COc1ccc(C(=O)N2CCc3[nH]c4ccccc4c3C2)cc1. The molecule has 6 nitrogen and oxygen atoms in total. The molecular formula is C24H23N3O3. The first-order valence-electron chi connectivity index (χ1n) is 10.1. The summed E-state index contributed by atoms with van der Waals surface area (Å²) < 4.78 is 11.0. The van der Waals surface area contributed by atoms with Gasteiger partial charge in [-0.25, -0.2) is 0 Å². The molecule has 0 saturated heterocycles. The number of amides is 1. The molecule has 3 heterocycles. The predicted octanol–water partition coefficient (Wildman–Crippen LogP) is 4.55. The van der Waals surface area contributed by atoms with Crippen molar-refractivity contribution in [3.63, 3.8) is 0 Å². The van der Waals surface area contributed by atoms with Crippen molar-refractivity contribution in [2.24, 2.45) is 0 Å². The molecule has 0 unspecified atom stereocenters. The number of ether oxygens (including phenoxy) is 1. The van der Waals surface area contributed by atoms with Gasteiger partial charge < -0.3 is 19.1 Å². The van der Waals surface area contributed by atoms with Gasteiger partial charge in [0.15, 0.2) is 0 Å². The number of carbonyl (C=O) groups is 1. The summed E-state index contributed by atoms with van der Waals surface area (Å²) in [4.78, 5) is 18.5. The smallest absolute Gasteiger partial charge is 0.254 e. The molecule has 1 amide bonds. The molecule has 1 N–H and O–H groups in total. The van der Waals surface area contributed by atoms with E-state index >= 15 is 0 Å². The van der Waals surface area contributed by atoms with E-state index < -0.39 is 0 Å². The van der Waals surface area contributed by atoms with Crippen molar-refractivity contribution in [3.8, 4) is 5.75 Å². The molecule has 6 heteroatoms. The van der Waals surface area contributed by atoms with Gasteiger partial charge in [0, 0.05) is 47.2 Å². The molecule has 0 saturated carbocycles. The van der Waals surface area contributed by atoms with Crippen molar-refractivity contribution < 1.29 is 14.1 Å². The van der Waals surface area contributed by atoms with Gasteiger partial charge in [-0.1, -0.05) is 23.4 Å². The fraction of sp³-hybridized carbons (Fsp3) is 0.250. The molecule has 0 bridgehead atoms. The Morgan fingerprint density at radius 1 is 1.17 bits per heavy atom. The molecule has 4 aromatic rings. The van der Waals surface area contributed by atoms with E-state index in [0.29, 0.717) is 31.0 Å². The lowest BCUT2D eigenvalue weighted by Crippen LogP contribution is -2.35. The van der Waals surface area contributed by atoms with Crippen LogP contribution in [0.2, 0.25) is 0 Å². The maximum Gasteiger partial charge on any atom is 0.254 e. The number of benzene rings is 2. The van der Waals surface area contributed by atoms with E-state index in [1.807, 2.05) is 55.1 Å². The zero-order valence-electron chi connectivity index (χ0n) is 17.1. The highest BCUT2D eigenvalue weighted by atomic mass is 16.5. The van der Waals surface area contributed by atoms with Gasteiger partial charge in [0.2, 0.25) is 0 Å². The van der Waals surface area contributed by atoms with Gasteiger partial charge in [-0.2, -0.15) is 0 Å². The van der Waals surface area contributed by atoms with Crippen LogP contribution in [0.25, 0.3) is 10.9 Å². The van der Waals surface area contributed by atoms with Crippen molar-refractivity contribution in [1.82, 2.24) is 15.0 Å². The van der Waals surface area contributed by atoms with E-state index in [1.54, 1.807) is 0 Å². The summed E-state index contributed by atoms with van der Waals surface area (Å²) >= 11 is 0. The van der Waals surface area contributed by atoms with Crippen LogP contribution in [0.3, 0.4) is 0 Å². The minimum atomic E-state index is 0.0446. The van der Waals surface area contributed by atoms with Crippen molar-refractivity contribution in [2.45, 2.75) is 33.4 Å². The summed E-state index contributed by atoms with van der Waals surface area (Å²) in [5.74, 6) is 1.52. The Kier molecular flexibility index (Phi) is 4.54. The molecule has 152 valence electrons. The maximum absolute atomic E-state index is 13.1. The van der Waals surface area contributed by atoms with Gasteiger partial charge in [0.05, 0.1) is 11.3 Å². The highest BCUT2D eigenvalue weighted by Crippen LogP contribution is 2.28. The van der Waals surface area contributed by atoms with Gasteiger partial charge >= 0.3 is 0 Å². The Balaban J connectivity index is 1.28. The van der Waals surface area contributed by atoms with Crippen molar-refractivity contribution in [3.05, 3.63) is 82.4 Å². The number of aromatic amines is 1. The monoisotopic (exact) mass is 401 g/mol. The number of fused-ring (bicyclic) bond motifs is 3. The number of aromatic nitrogens is 2. The lowest BCUT2D eigenvalue weighted by molar-refractivity contribution is 0.0735. The Morgan fingerprint density at radius 2 is 1.97 bits per heavy atom. The number of hydrogen-bond acceptors (Lipinski definition) is 4. The first kappa shape index (κ1) is 18.5. The van der Waals surface area contributed by atoms with Crippen LogP contribution in [0, 0.1) is 13.8 Å². The van der Waals surface area contributed by atoms with E-state index in [2.05, 4.69) is 22.3 Å². The summed E-state index contributed by atoms with van der Waals surface area (Å²) in [6.45, 7) is 5.50. The second-order valence-corrected chi connectivity index (χ2v) is 7.72. The Morgan fingerprint density at radius 3 is 2.73 bits per heavy atom. The third-order valence-corrected chi connectivity index (χ3v) is 5.84. The number of nitrogens with one attached hydrogen (secondary N) is 1. The molecule has 0 atom stereocenters. The molecule has 1 aliphatic rings. The van der Waals surface area contributed by atoms with Gasteiger partial charge in [0.25, 0.3) is 5.91 Å². The van der Waals surface area contributed by atoms with Gasteiger partial charge in [-0.3, -0.25) is 4.79 Å². The molecule has 1 aliphatic heterocycles. The summed E-state index contributed by atoms with van der Waals surface area (Å²) in [6.07, 6.45) is 0.842.